The van der Waals surface area contributed by atoms with Crippen LogP contribution in [0.25, 0.3) is 21.9 Å². The van der Waals surface area contributed by atoms with Crippen molar-refractivity contribution < 1.29 is 18.3 Å². The van der Waals surface area contributed by atoms with Gasteiger partial charge in [-0.2, -0.15) is 13.2 Å². The maximum Gasteiger partial charge on any atom is 0.417 e. The molecule has 0 aromatic heterocycles. The van der Waals surface area contributed by atoms with Gasteiger partial charge in [0.1, 0.15) is 5.75 Å². The van der Waals surface area contributed by atoms with Crippen LogP contribution in [-0.2, 0) is 12.6 Å². The second kappa shape index (κ2) is 4.26. The Bertz CT molecular complexity index is 910. The first-order valence-electron chi connectivity index (χ1n) is 6.90. The lowest BCUT2D eigenvalue weighted by Crippen LogP contribution is -2.06. The van der Waals surface area contributed by atoms with Crippen LogP contribution in [0.4, 0.5) is 13.2 Å². The molecule has 4 heteroatoms. The molecule has 22 heavy (non-hydrogen) atoms. The van der Waals surface area contributed by atoms with E-state index in [4.69, 9.17) is 0 Å². The fourth-order valence-electron chi connectivity index (χ4n) is 3.32. The number of phenols is 1. The normalized spacial score (nSPS) is 13.2. The third kappa shape index (κ3) is 1.73. The fourth-order valence-corrected chi connectivity index (χ4v) is 3.32. The second-order valence-electron chi connectivity index (χ2n) is 5.49. The lowest BCUT2D eigenvalue weighted by molar-refractivity contribution is -0.136. The average molecular weight is 300 g/mol. The minimum absolute atomic E-state index is 0.0925. The van der Waals surface area contributed by atoms with E-state index < -0.39 is 11.7 Å². The van der Waals surface area contributed by atoms with Crippen molar-refractivity contribution in [3.8, 4) is 16.9 Å². The van der Waals surface area contributed by atoms with Gasteiger partial charge in [0.05, 0.1) is 5.56 Å². The SMILES string of the molecule is Oc1cc2c(c3c(C(F)(F)F)cccc13)-c1ccccc1C2. The molecule has 0 bridgehead atoms. The van der Waals surface area contributed by atoms with Crippen molar-refractivity contribution in [1.29, 1.82) is 0 Å². The topological polar surface area (TPSA) is 20.2 Å². The van der Waals surface area contributed by atoms with Gasteiger partial charge in [0.15, 0.2) is 0 Å². The largest absolute Gasteiger partial charge is 0.507 e. The van der Waals surface area contributed by atoms with Gasteiger partial charge in [0.2, 0.25) is 0 Å². The number of phenolic OH excluding ortho intramolecular Hbond substituents is 1. The molecule has 0 saturated carbocycles. The zero-order chi connectivity index (χ0) is 15.5. The minimum atomic E-state index is -4.46. The van der Waals surface area contributed by atoms with Gasteiger partial charge in [0.25, 0.3) is 0 Å². The maximum atomic E-state index is 13.4. The molecule has 1 nitrogen and oxygen atoms in total. The van der Waals surface area contributed by atoms with Gasteiger partial charge >= 0.3 is 6.18 Å². The molecule has 3 aromatic carbocycles. The van der Waals surface area contributed by atoms with Crippen LogP contribution >= 0.6 is 0 Å². The van der Waals surface area contributed by atoms with Crippen molar-refractivity contribution in [1.82, 2.24) is 0 Å². The van der Waals surface area contributed by atoms with Crippen LogP contribution in [0.1, 0.15) is 16.7 Å². The van der Waals surface area contributed by atoms with Crippen LogP contribution in [0.15, 0.2) is 48.5 Å². The van der Waals surface area contributed by atoms with E-state index in [1.165, 1.54) is 12.1 Å². The number of rotatable bonds is 0. The van der Waals surface area contributed by atoms with E-state index in [0.717, 1.165) is 22.8 Å². The molecule has 1 aliphatic carbocycles. The molecular formula is C18H11F3O. The summed E-state index contributed by atoms with van der Waals surface area (Å²) in [5.41, 5.74) is 2.44. The summed E-state index contributed by atoms with van der Waals surface area (Å²) in [6.45, 7) is 0. The van der Waals surface area contributed by atoms with Crippen molar-refractivity contribution in [2.24, 2.45) is 0 Å². The van der Waals surface area contributed by atoms with Gasteiger partial charge < -0.3 is 5.11 Å². The molecular weight excluding hydrogens is 289 g/mol. The number of hydrogen-bond acceptors (Lipinski definition) is 1. The molecule has 4 rings (SSSR count). The molecule has 3 aromatic rings. The summed E-state index contributed by atoms with van der Waals surface area (Å²) in [4.78, 5) is 0. The lowest BCUT2D eigenvalue weighted by Gasteiger charge is -2.15. The van der Waals surface area contributed by atoms with Gasteiger partial charge in [-0.25, -0.2) is 0 Å². The van der Waals surface area contributed by atoms with Gasteiger partial charge in [-0.3, -0.25) is 0 Å². The van der Waals surface area contributed by atoms with Crippen molar-refractivity contribution in [2.75, 3.05) is 0 Å². The molecule has 0 radical (unpaired) electrons. The molecule has 1 aliphatic rings. The van der Waals surface area contributed by atoms with E-state index in [0.29, 0.717) is 12.0 Å². The summed E-state index contributed by atoms with van der Waals surface area (Å²) in [5.74, 6) is -0.104. The molecule has 0 unspecified atom stereocenters. The van der Waals surface area contributed by atoms with E-state index >= 15 is 0 Å². The Morgan fingerprint density at radius 3 is 2.45 bits per heavy atom. The molecule has 0 amide bonds. The summed E-state index contributed by atoms with van der Waals surface area (Å²) in [6, 6.07) is 13.0. The maximum absolute atomic E-state index is 13.4. The number of alkyl halides is 3. The predicted octanol–water partition coefficient (Wildman–Crippen LogP) is 5.14. The fraction of sp³-hybridized carbons (Fsp3) is 0.111. The summed E-state index contributed by atoms with van der Waals surface area (Å²) in [7, 11) is 0. The smallest absolute Gasteiger partial charge is 0.417 e. The first kappa shape index (κ1) is 13.2. The number of halogens is 3. The molecule has 110 valence electrons. The quantitative estimate of drug-likeness (QED) is 0.477. The summed E-state index contributed by atoms with van der Waals surface area (Å²) >= 11 is 0. The highest BCUT2D eigenvalue weighted by Crippen LogP contribution is 2.48. The third-order valence-corrected chi connectivity index (χ3v) is 4.20. The standard InChI is InChI=1S/C18H11F3O/c19-18(20,21)14-7-3-6-13-15(22)9-11-8-10-4-1-2-5-12(10)16(11)17(13)14/h1-7,9,22H,8H2. The Morgan fingerprint density at radius 1 is 0.909 bits per heavy atom. The predicted molar refractivity (Wildman–Crippen MR) is 78.9 cm³/mol. The van der Waals surface area contributed by atoms with Gasteiger partial charge in [-0.1, -0.05) is 36.4 Å². The summed E-state index contributed by atoms with van der Waals surface area (Å²) in [5, 5.41) is 10.5. The second-order valence-corrected chi connectivity index (χ2v) is 5.49. The van der Waals surface area contributed by atoms with E-state index in [9.17, 15) is 18.3 Å². The van der Waals surface area contributed by atoms with Gasteiger partial charge in [-0.05, 0) is 40.8 Å². The van der Waals surface area contributed by atoms with Crippen LogP contribution in [-0.4, -0.2) is 5.11 Å². The zero-order valence-electron chi connectivity index (χ0n) is 11.4. The van der Waals surface area contributed by atoms with Crippen molar-refractivity contribution in [3.63, 3.8) is 0 Å². The Morgan fingerprint density at radius 2 is 1.68 bits per heavy atom. The molecule has 0 saturated heterocycles. The minimum Gasteiger partial charge on any atom is -0.507 e. The van der Waals surface area contributed by atoms with Crippen LogP contribution in [0.3, 0.4) is 0 Å². The Balaban J connectivity index is 2.20. The van der Waals surface area contributed by atoms with Crippen molar-refractivity contribution in [3.05, 3.63) is 65.2 Å². The monoisotopic (exact) mass is 300 g/mol. The zero-order valence-corrected chi connectivity index (χ0v) is 11.4. The number of aromatic hydroxyl groups is 1. The Hall–Kier alpha value is -2.49. The van der Waals surface area contributed by atoms with E-state index in [2.05, 4.69) is 0 Å². The highest BCUT2D eigenvalue weighted by atomic mass is 19.4. The van der Waals surface area contributed by atoms with Crippen LogP contribution in [0.5, 0.6) is 5.75 Å². The van der Waals surface area contributed by atoms with Crippen LogP contribution < -0.4 is 0 Å². The van der Waals surface area contributed by atoms with Crippen LogP contribution in [0.2, 0.25) is 0 Å². The van der Waals surface area contributed by atoms with Crippen LogP contribution in [0, 0.1) is 0 Å². The Labute approximate surface area is 124 Å². The Kier molecular flexibility index (Phi) is 2.55. The van der Waals surface area contributed by atoms with Gasteiger partial charge in [0, 0.05) is 10.8 Å². The highest BCUT2D eigenvalue weighted by Gasteiger charge is 2.35. The molecule has 0 aliphatic heterocycles. The third-order valence-electron chi connectivity index (χ3n) is 4.20. The van der Waals surface area contributed by atoms with Crippen molar-refractivity contribution >= 4 is 10.8 Å². The lowest BCUT2D eigenvalue weighted by atomic mass is 9.93. The van der Waals surface area contributed by atoms with E-state index in [-0.39, 0.29) is 16.5 Å². The number of benzene rings is 3. The number of fused-ring (bicyclic) bond motifs is 5. The average Bonchev–Trinajstić information content (AvgIpc) is 2.83. The summed E-state index contributed by atoms with van der Waals surface area (Å²) in [6.07, 6.45) is -3.92. The molecule has 0 spiro atoms. The van der Waals surface area contributed by atoms with Crippen molar-refractivity contribution in [2.45, 2.75) is 12.6 Å². The molecule has 0 atom stereocenters. The van der Waals surface area contributed by atoms with E-state index in [1.54, 1.807) is 6.07 Å². The highest BCUT2D eigenvalue weighted by molar-refractivity contribution is 6.06. The first-order valence-corrected chi connectivity index (χ1v) is 6.90. The number of hydrogen-bond donors (Lipinski definition) is 1. The molecule has 1 N–H and O–H groups in total. The van der Waals surface area contributed by atoms with E-state index in [1.807, 2.05) is 24.3 Å². The van der Waals surface area contributed by atoms with Gasteiger partial charge in [-0.15, -0.1) is 0 Å². The molecule has 0 heterocycles. The first-order chi connectivity index (χ1) is 10.5. The molecule has 0 fully saturated rings. The summed E-state index contributed by atoms with van der Waals surface area (Å²) < 4.78 is 40.2.